The van der Waals surface area contributed by atoms with Gasteiger partial charge in [0.2, 0.25) is 5.75 Å². The van der Waals surface area contributed by atoms with Gasteiger partial charge in [-0.05, 0) is 12.5 Å². The van der Waals surface area contributed by atoms with Crippen molar-refractivity contribution in [2.75, 3.05) is 7.11 Å². The monoisotopic (exact) mass is 269 g/mol. The van der Waals surface area contributed by atoms with Crippen molar-refractivity contribution in [2.24, 2.45) is 5.84 Å². The maximum Gasteiger partial charge on any atom is 0.311 e. The van der Waals surface area contributed by atoms with Gasteiger partial charge in [0.1, 0.15) is 5.75 Å². The predicted molar refractivity (Wildman–Crippen MR) is 66.7 cm³/mol. The normalized spacial score (nSPS) is 11.5. The number of amides is 1. The molecule has 0 heterocycles. The third-order valence-electron chi connectivity index (χ3n) is 2.44. The lowest BCUT2D eigenvalue weighted by molar-refractivity contribution is -0.386. The van der Waals surface area contributed by atoms with Gasteiger partial charge in [-0.1, -0.05) is 6.92 Å². The van der Waals surface area contributed by atoms with Gasteiger partial charge in [-0.25, -0.2) is 5.84 Å². The molecule has 0 bridgehead atoms. The number of hydrogen-bond acceptors (Lipinski definition) is 6. The van der Waals surface area contributed by atoms with E-state index in [0.29, 0.717) is 12.2 Å². The molecule has 0 aliphatic heterocycles. The third kappa shape index (κ3) is 3.55. The number of ether oxygens (including phenoxy) is 2. The van der Waals surface area contributed by atoms with Crippen molar-refractivity contribution in [3.8, 4) is 11.5 Å². The van der Waals surface area contributed by atoms with Gasteiger partial charge in [-0.15, -0.1) is 0 Å². The molecular weight excluding hydrogens is 254 g/mol. The van der Waals surface area contributed by atoms with Crippen LogP contribution in [0.4, 0.5) is 5.69 Å². The van der Waals surface area contributed by atoms with Crippen molar-refractivity contribution in [1.29, 1.82) is 0 Å². The molecule has 0 radical (unpaired) electrons. The number of nitro benzene ring substituents is 1. The largest absolute Gasteiger partial charge is 0.497 e. The van der Waals surface area contributed by atoms with Gasteiger partial charge in [-0.2, -0.15) is 0 Å². The molecule has 0 saturated heterocycles. The molecule has 19 heavy (non-hydrogen) atoms. The number of hydrazine groups is 1. The van der Waals surface area contributed by atoms with E-state index in [2.05, 4.69) is 0 Å². The number of nitrogens with one attached hydrogen (secondary N) is 1. The highest BCUT2D eigenvalue weighted by atomic mass is 16.6. The zero-order valence-electron chi connectivity index (χ0n) is 10.6. The molecule has 1 aromatic carbocycles. The summed E-state index contributed by atoms with van der Waals surface area (Å²) < 4.78 is 10.3. The summed E-state index contributed by atoms with van der Waals surface area (Å²) in [6.07, 6.45) is -0.590. The molecule has 8 nitrogen and oxygen atoms in total. The fourth-order valence-corrected chi connectivity index (χ4v) is 1.44. The fourth-order valence-electron chi connectivity index (χ4n) is 1.44. The van der Waals surface area contributed by atoms with Gasteiger partial charge in [-0.3, -0.25) is 20.3 Å². The number of nitro groups is 1. The minimum atomic E-state index is -0.907. The molecule has 3 N–H and O–H groups in total. The quantitative estimate of drug-likeness (QED) is 0.340. The summed E-state index contributed by atoms with van der Waals surface area (Å²) in [5.41, 5.74) is 1.70. The van der Waals surface area contributed by atoms with Crippen LogP contribution in [0.5, 0.6) is 11.5 Å². The maximum atomic E-state index is 11.4. The number of carbonyl (C=O) groups is 1. The minimum Gasteiger partial charge on any atom is -0.497 e. The van der Waals surface area contributed by atoms with Crippen molar-refractivity contribution >= 4 is 11.6 Å². The molecule has 1 aromatic rings. The average Bonchev–Trinajstić information content (AvgIpc) is 2.43. The zero-order valence-corrected chi connectivity index (χ0v) is 10.6. The van der Waals surface area contributed by atoms with E-state index < -0.39 is 16.9 Å². The first kappa shape index (κ1) is 14.7. The summed E-state index contributed by atoms with van der Waals surface area (Å²) in [5.74, 6) is 4.81. The Morgan fingerprint density at radius 2 is 2.26 bits per heavy atom. The summed E-state index contributed by atoms with van der Waals surface area (Å²) in [6.45, 7) is 1.70. The Bertz CT molecular complexity index is 477. The highest BCUT2D eigenvalue weighted by Crippen LogP contribution is 2.32. The van der Waals surface area contributed by atoms with Crippen LogP contribution < -0.4 is 20.7 Å². The average molecular weight is 269 g/mol. The lowest BCUT2D eigenvalue weighted by Gasteiger charge is -2.16. The van der Waals surface area contributed by atoms with E-state index in [1.165, 1.54) is 25.3 Å². The van der Waals surface area contributed by atoms with E-state index in [4.69, 9.17) is 15.3 Å². The predicted octanol–water partition coefficient (Wildman–Crippen LogP) is 0.751. The number of carbonyl (C=O) groups excluding carboxylic acids is 1. The Labute approximate surface area is 109 Å². The van der Waals surface area contributed by atoms with Crippen LogP contribution in [0.2, 0.25) is 0 Å². The number of nitrogens with zero attached hydrogens (tertiary/aromatic N) is 1. The second-order valence-corrected chi connectivity index (χ2v) is 3.61. The Hall–Kier alpha value is -2.35. The third-order valence-corrected chi connectivity index (χ3v) is 2.44. The Balaban J connectivity index is 3.08. The van der Waals surface area contributed by atoms with Crippen LogP contribution in [-0.2, 0) is 4.79 Å². The Morgan fingerprint density at radius 1 is 1.58 bits per heavy atom. The summed E-state index contributed by atoms with van der Waals surface area (Å²) in [6, 6.07) is 4.04. The standard InChI is InChI=1S/C11H15N3O5/c1-3-9(11(15)13-12)19-10-6-7(18-2)4-5-8(10)14(16)17/h4-6,9H,3,12H2,1-2H3,(H,13,15). The molecule has 0 aliphatic rings. The minimum absolute atomic E-state index is 0.0419. The van der Waals surface area contributed by atoms with Gasteiger partial charge >= 0.3 is 5.69 Å². The number of hydrogen-bond donors (Lipinski definition) is 2. The summed E-state index contributed by atoms with van der Waals surface area (Å²) in [4.78, 5) is 21.7. The summed E-state index contributed by atoms with van der Waals surface area (Å²) in [7, 11) is 1.43. The van der Waals surface area contributed by atoms with Crippen molar-refractivity contribution in [1.82, 2.24) is 5.43 Å². The van der Waals surface area contributed by atoms with Crippen LogP contribution >= 0.6 is 0 Å². The van der Waals surface area contributed by atoms with Crippen LogP contribution in [0.3, 0.4) is 0 Å². The molecule has 104 valence electrons. The lowest BCUT2D eigenvalue weighted by Crippen LogP contribution is -2.41. The van der Waals surface area contributed by atoms with Crippen LogP contribution in [0, 0.1) is 10.1 Å². The first-order chi connectivity index (χ1) is 9.03. The second-order valence-electron chi connectivity index (χ2n) is 3.61. The van der Waals surface area contributed by atoms with Crippen LogP contribution in [0.1, 0.15) is 13.3 Å². The molecule has 1 unspecified atom stereocenters. The number of benzene rings is 1. The molecule has 0 saturated carbocycles. The number of nitrogens with two attached hydrogens (primary N) is 1. The van der Waals surface area contributed by atoms with Gasteiger partial charge < -0.3 is 9.47 Å². The Kier molecular flexibility index (Phi) is 5.07. The smallest absolute Gasteiger partial charge is 0.311 e. The van der Waals surface area contributed by atoms with E-state index in [0.717, 1.165) is 0 Å². The first-order valence-electron chi connectivity index (χ1n) is 5.53. The van der Waals surface area contributed by atoms with Crippen LogP contribution in [0.25, 0.3) is 0 Å². The second kappa shape index (κ2) is 6.55. The van der Waals surface area contributed by atoms with Crippen molar-refractivity contribution < 1.29 is 19.2 Å². The van der Waals surface area contributed by atoms with Crippen LogP contribution in [-0.4, -0.2) is 24.0 Å². The highest BCUT2D eigenvalue weighted by molar-refractivity contribution is 5.80. The first-order valence-corrected chi connectivity index (χ1v) is 5.53. The molecule has 0 aliphatic carbocycles. The number of methoxy groups -OCH3 is 1. The molecular formula is C11H15N3O5. The van der Waals surface area contributed by atoms with Crippen molar-refractivity contribution in [3.63, 3.8) is 0 Å². The van der Waals surface area contributed by atoms with E-state index in [-0.39, 0.29) is 11.4 Å². The fraction of sp³-hybridized carbons (Fsp3) is 0.364. The summed E-state index contributed by atoms with van der Waals surface area (Å²) >= 11 is 0. The maximum absolute atomic E-state index is 11.4. The van der Waals surface area contributed by atoms with E-state index in [9.17, 15) is 14.9 Å². The van der Waals surface area contributed by atoms with E-state index in [1.54, 1.807) is 6.92 Å². The van der Waals surface area contributed by atoms with Crippen molar-refractivity contribution in [3.05, 3.63) is 28.3 Å². The van der Waals surface area contributed by atoms with Gasteiger partial charge in [0.25, 0.3) is 5.91 Å². The van der Waals surface area contributed by atoms with Crippen LogP contribution in [0.15, 0.2) is 18.2 Å². The molecule has 1 atom stereocenters. The molecule has 8 heteroatoms. The topological polar surface area (TPSA) is 117 Å². The van der Waals surface area contributed by atoms with Crippen molar-refractivity contribution in [2.45, 2.75) is 19.4 Å². The SMILES string of the molecule is CCC(Oc1cc(OC)ccc1[N+](=O)[O-])C(=O)NN. The Morgan fingerprint density at radius 3 is 2.74 bits per heavy atom. The molecule has 0 spiro atoms. The zero-order chi connectivity index (χ0) is 14.4. The van der Waals surface area contributed by atoms with Gasteiger partial charge in [0.05, 0.1) is 12.0 Å². The molecule has 1 rings (SSSR count). The highest BCUT2D eigenvalue weighted by Gasteiger charge is 2.23. The number of rotatable bonds is 6. The van der Waals surface area contributed by atoms with Gasteiger partial charge in [0.15, 0.2) is 6.10 Å². The molecule has 0 aromatic heterocycles. The van der Waals surface area contributed by atoms with Gasteiger partial charge in [0, 0.05) is 12.1 Å². The summed E-state index contributed by atoms with van der Waals surface area (Å²) in [5, 5.41) is 10.9. The molecule has 0 fully saturated rings. The van der Waals surface area contributed by atoms with E-state index in [1.807, 2.05) is 5.43 Å². The lowest BCUT2D eigenvalue weighted by atomic mass is 10.2. The molecule has 1 amide bonds. The van der Waals surface area contributed by atoms with E-state index >= 15 is 0 Å².